The van der Waals surface area contributed by atoms with Crippen LogP contribution in [0, 0.1) is 0 Å². The second kappa shape index (κ2) is 5.81. The number of nitrogens with zero attached hydrogens (tertiary/aromatic N) is 2. The summed E-state index contributed by atoms with van der Waals surface area (Å²) < 4.78 is 0.794. The zero-order valence-corrected chi connectivity index (χ0v) is 12.8. The Bertz CT molecular complexity index is 452. The van der Waals surface area contributed by atoms with Crippen LogP contribution in [-0.4, -0.2) is 47.1 Å². The molecule has 0 aliphatic carbocycles. The molecule has 1 unspecified atom stereocenters. The van der Waals surface area contributed by atoms with E-state index in [9.17, 15) is 5.11 Å². The first-order valence-corrected chi connectivity index (χ1v) is 7.95. The summed E-state index contributed by atoms with van der Waals surface area (Å²) in [6.45, 7) is 5.93. The van der Waals surface area contributed by atoms with Gasteiger partial charge in [0.15, 0.2) is 0 Å². The van der Waals surface area contributed by atoms with Gasteiger partial charge < -0.3 is 5.11 Å². The monoisotopic (exact) mass is 324 g/mol. The van der Waals surface area contributed by atoms with Crippen molar-refractivity contribution in [2.24, 2.45) is 0 Å². The largest absolute Gasteiger partial charge is 0.507 e. The van der Waals surface area contributed by atoms with Gasteiger partial charge in [0.1, 0.15) is 5.75 Å². The summed E-state index contributed by atoms with van der Waals surface area (Å²) in [6, 6.07) is 6.60. The number of halogens is 1. The molecule has 0 spiro atoms. The highest BCUT2D eigenvalue weighted by molar-refractivity contribution is 9.10. The Balaban J connectivity index is 1.66. The van der Waals surface area contributed by atoms with Crippen LogP contribution >= 0.6 is 15.9 Å². The second-order valence-electron chi connectivity index (χ2n) is 5.71. The van der Waals surface area contributed by atoms with E-state index in [0.717, 1.165) is 17.1 Å². The maximum absolute atomic E-state index is 9.55. The molecular weight excluding hydrogens is 304 g/mol. The summed E-state index contributed by atoms with van der Waals surface area (Å²) in [5.41, 5.74) is 1.27. The zero-order chi connectivity index (χ0) is 13.2. The molecule has 2 saturated heterocycles. The van der Waals surface area contributed by atoms with Crippen molar-refractivity contribution in [1.82, 2.24) is 9.80 Å². The van der Waals surface area contributed by atoms with Gasteiger partial charge in [0.25, 0.3) is 0 Å². The lowest BCUT2D eigenvalue weighted by atomic mass is 10.1. The molecule has 104 valence electrons. The SMILES string of the molecule is Oc1ccc(CN2CCCN3CCCC3C2)cc1Br. The molecule has 2 heterocycles. The average Bonchev–Trinajstić information content (AvgIpc) is 2.73. The van der Waals surface area contributed by atoms with E-state index in [-0.39, 0.29) is 0 Å². The molecule has 4 heteroatoms. The standard InChI is InChI=1S/C15H21BrN2O/c16-14-9-12(4-5-15(14)19)10-17-6-2-8-18-7-1-3-13(18)11-17/h4-5,9,13,19H,1-3,6-8,10-11H2. The van der Waals surface area contributed by atoms with Crippen LogP contribution in [0.25, 0.3) is 0 Å². The van der Waals surface area contributed by atoms with Crippen LogP contribution < -0.4 is 0 Å². The smallest absolute Gasteiger partial charge is 0.129 e. The number of phenolic OH excluding ortho intramolecular Hbond substituents is 1. The van der Waals surface area contributed by atoms with Gasteiger partial charge >= 0.3 is 0 Å². The van der Waals surface area contributed by atoms with Gasteiger partial charge in [-0.25, -0.2) is 0 Å². The number of phenols is 1. The maximum Gasteiger partial charge on any atom is 0.129 e. The van der Waals surface area contributed by atoms with Gasteiger partial charge in [0.2, 0.25) is 0 Å². The summed E-state index contributed by atoms with van der Waals surface area (Å²) in [7, 11) is 0. The highest BCUT2D eigenvalue weighted by Gasteiger charge is 2.28. The molecule has 3 nitrogen and oxygen atoms in total. The highest BCUT2D eigenvalue weighted by Crippen LogP contribution is 2.26. The van der Waals surface area contributed by atoms with Gasteiger partial charge in [0.05, 0.1) is 4.47 Å². The first-order valence-electron chi connectivity index (χ1n) is 7.16. The van der Waals surface area contributed by atoms with Gasteiger partial charge in [-0.15, -0.1) is 0 Å². The van der Waals surface area contributed by atoms with Gasteiger partial charge in [-0.1, -0.05) is 6.07 Å². The number of fused-ring (bicyclic) bond motifs is 1. The van der Waals surface area contributed by atoms with Crippen molar-refractivity contribution < 1.29 is 5.11 Å². The Morgan fingerprint density at radius 2 is 2.05 bits per heavy atom. The molecule has 1 N–H and O–H groups in total. The van der Waals surface area contributed by atoms with Gasteiger partial charge in [-0.3, -0.25) is 9.80 Å². The summed E-state index contributed by atoms with van der Waals surface area (Å²) >= 11 is 3.39. The Morgan fingerprint density at radius 1 is 1.21 bits per heavy atom. The van der Waals surface area contributed by atoms with Crippen molar-refractivity contribution in [3.63, 3.8) is 0 Å². The molecule has 0 bridgehead atoms. The van der Waals surface area contributed by atoms with Crippen molar-refractivity contribution in [1.29, 1.82) is 0 Å². The van der Waals surface area contributed by atoms with Crippen LogP contribution in [-0.2, 0) is 6.54 Å². The number of aromatic hydroxyl groups is 1. The quantitative estimate of drug-likeness (QED) is 0.906. The number of hydrogen-bond donors (Lipinski definition) is 1. The number of hydrogen-bond acceptors (Lipinski definition) is 3. The molecule has 3 rings (SSSR count). The third kappa shape index (κ3) is 3.12. The highest BCUT2D eigenvalue weighted by atomic mass is 79.9. The van der Waals surface area contributed by atoms with Crippen LogP contribution in [0.5, 0.6) is 5.75 Å². The summed E-state index contributed by atoms with van der Waals surface area (Å²) in [4.78, 5) is 5.22. The van der Waals surface area contributed by atoms with Crippen molar-refractivity contribution in [3.8, 4) is 5.75 Å². The summed E-state index contributed by atoms with van der Waals surface area (Å²) in [5, 5.41) is 9.55. The van der Waals surface area contributed by atoms with Gasteiger partial charge in [0, 0.05) is 19.1 Å². The molecule has 0 radical (unpaired) electrons. The first kappa shape index (κ1) is 13.4. The van der Waals surface area contributed by atoms with E-state index in [4.69, 9.17) is 0 Å². The van der Waals surface area contributed by atoms with Crippen molar-refractivity contribution in [2.45, 2.75) is 31.8 Å². The molecule has 2 aliphatic heterocycles. The molecular formula is C15H21BrN2O. The van der Waals surface area contributed by atoms with Crippen molar-refractivity contribution in [2.75, 3.05) is 26.2 Å². The van der Waals surface area contributed by atoms with E-state index in [0.29, 0.717) is 5.75 Å². The second-order valence-corrected chi connectivity index (χ2v) is 6.56. The van der Waals surface area contributed by atoms with E-state index < -0.39 is 0 Å². The molecule has 0 saturated carbocycles. The van der Waals surface area contributed by atoms with Gasteiger partial charge in [-0.05, 0) is 72.5 Å². The Labute approximate surface area is 123 Å². The first-order chi connectivity index (χ1) is 9.22. The number of rotatable bonds is 2. The molecule has 1 aromatic carbocycles. The van der Waals surface area contributed by atoms with E-state index in [1.165, 1.54) is 51.0 Å². The fourth-order valence-corrected chi connectivity index (χ4v) is 3.76. The molecule has 2 aliphatic rings. The molecule has 1 atom stereocenters. The lowest BCUT2D eigenvalue weighted by Crippen LogP contribution is -2.36. The Hall–Kier alpha value is -0.580. The average molecular weight is 325 g/mol. The summed E-state index contributed by atoms with van der Waals surface area (Å²) in [5.74, 6) is 0.321. The minimum Gasteiger partial charge on any atom is -0.507 e. The van der Waals surface area contributed by atoms with Crippen LogP contribution in [0.4, 0.5) is 0 Å². The third-order valence-corrected chi connectivity index (χ3v) is 4.94. The lowest BCUT2D eigenvalue weighted by molar-refractivity contribution is 0.215. The van der Waals surface area contributed by atoms with E-state index in [1.807, 2.05) is 12.1 Å². The third-order valence-electron chi connectivity index (χ3n) is 4.31. The summed E-state index contributed by atoms with van der Waals surface area (Å²) in [6.07, 6.45) is 3.99. The maximum atomic E-state index is 9.55. The fourth-order valence-electron chi connectivity index (χ4n) is 3.33. The zero-order valence-electron chi connectivity index (χ0n) is 11.2. The lowest BCUT2D eigenvalue weighted by Gasteiger charge is -2.25. The van der Waals surface area contributed by atoms with Crippen molar-refractivity contribution >= 4 is 15.9 Å². The van der Waals surface area contributed by atoms with Crippen molar-refractivity contribution in [3.05, 3.63) is 28.2 Å². The Morgan fingerprint density at radius 3 is 2.89 bits per heavy atom. The fraction of sp³-hybridized carbons (Fsp3) is 0.600. The molecule has 2 fully saturated rings. The molecule has 0 aromatic heterocycles. The van der Waals surface area contributed by atoms with Crippen LogP contribution in [0.2, 0.25) is 0 Å². The van der Waals surface area contributed by atoms with Gasteiger partial charge in [-0.2, -0.15) is 0 Å². The van der Waals surface area contributed by atoms with Crippen LogP contribution in [0.1, 0.15) is 24.8 Å². The van der Waals surface area contributed by atoms with E-state index in [1.54, 1.807) is 6.07 Å². The Kier molecular flexibility index (Phi) is 4.10. The molecule has 0 amide bonds. The topological polar surface area (TPSA) is 26.7 Å². The number of benzene rings is 1. The normalized spacial score (nSPS) is 25.2. The molecule has 1 aromatic rings. The molecule has 19 heavy (non-hydrogen) atoms. The minimum absolute atomic E-state index is 0.321. The van der Waals surface area contributed by atoms with E-state index in [2.05, 4.69) is 25.7 Å². The van der Waals surface area contributed by atoms with Crippen LogP contribution in [0.3, 0.4) is 0 Å². The predicted octanol–water partition coefficient (Wildman–Crippen LogP) is 2.82. The van der Waals surface area contributed by atoms with E-state index >= 15 is 0 Å². The van der Waals surface area contributed by atoms with Crippen LogP contribution in [0.15, 0.2) is 22.7 Å². The minimum atomic E-state index is 0.321. The predicted molar refractivity (Wildman–Crippen MR) is 80.3 cm³/mol.